The van der Waals surface area contributed by atoms with E-state index in [0.29, 0.717) is 6.61 Å². The molecule has 0 fully saturated rings. The normalized spacial score (nSPS) is 13.4. The van der Waals surface area contributed by atoms with Crippen molar-refractivity contribution in [2.45, 2.75) is 20.8 Å². The number of allylic oxidation sites excluding steroid dienone is 2. The summed E-state index contributed by atoms with van der Waals surface area (Å²) in [5.41, 5.74) is 0. The molecule has 0 aliphatic rings. The molecule has 0 bridgehead atoms. The zero-order chi connectivity index (χ0) is 8.69. The number of rotatable bonds is 4. The van der Waals surface area contributed by atoms with Crippen molar-refractivity contribution in [3.8, 4) is 0 Å². The number of carbonyl (C=O) groups is 1. The van der Waals surface area contributed by atoms with E-state index in [-0.39, 0.29) is 11.9 Å². The standard InChI is InChI=1S/C9H15O2/c1-4-6-7-8(3)9(10)11-5-2/h4,6-8H,5H2,1-3H3/b6-4+. The van der Waals surface area contributed by atoms with Crippen molar-refractivity contribution in [3.05, 3.63) is 18.6 Å². The minimum atomic E-state index is -0.161. The van der Waals surface area contributed by atoms with Crippen LogP contribution in [0.15, 0.2) is 12.2 Å². The van der Waals surface area contributed by atoms with Crippen LogP contribution in [0.2, 0.25) is 0 Å². The van der Waals surface area contributed by atoms with E-state index in [1.807, 2.05) is 32.4 Å². The van der Waals surface area contributed by atoms with Crippen LogP contribution in [0.4, 0.5) is 0 Å². The minimum absolute atomic E-state index is 0.133. The molecule has 0 aliphatic carbocycles. The van der Waals surface area contributed by atoms with Crippen molar-refractivity contribution >= 4 is 5.97 Å². The first-order valence-electron chi connectivity index (χ1n) is 3.85. The van der Waals surface area contributed by atoms with Gasteiger partial charge >= 0.3 is 5.97 Å². The molecule has 0 amide bonds. The first-order valence-corrected chi connectivity index (χ1v) is 3.85. The maximum absolute atomic E-state index is 11.0. The van der Waals surface area contributed by atoms with Gasteiger partial charge in [0, 0.05) is 0 Å². The first-order chi connectivity index (χ1) is 5.22. The third kappa shape index (κ3) is 4.59. The van der Waals surface area contributed by atoms with E-state index < -0.39 is 0 Å². The SMILES string of the molecule is C/C=C/[CH]C(C)C(=O)OCC. The molecule has 1 unspecified atom stereocenters. The van der Waals surface area contributed by atoms with Crippen LogP contribution in [0.1, 0.15) is 20.8 Å². The van der Waals surface area contributed by atoms with E-state index in [0.717, 1.165) is 0 Å². The van der Waals surface area contributed by atoms with Gasteiger partial charge in [0.2, 0.25) is 0 Å². The molecule has 2 heteroatoms. The van der Waals surface area contributed by atoms with E-state index in [2.05, 4.69) is 0 Å². The predicted octanol–water partition coefficient (Wildman–Crippen LogP) is 1.97. The molecule has 0 aliphatic heterocycles. The molecule has 0 aromatic carbocycles. The summed E-state index contributed by atoms with van der Waals surface area (Å²) in [5, 5.41) is 0. The number of carbonyl (C=O) groups excluding carboxylic acids is 1. The van der Waals surface area contributed by atoms with Crippen LogP contribution >= 0.6 is 0 Å². The molecule has 0 aromatic rings. The summed E-state index contributed by atoms with van der Waals surface area (Å²) in [7, 11) is 0. The molecule has 63 valence electrons. The highest BCUT2D eigenvalue weighted by molar-refractivity contribution is 5.73. The largest absolute Gasteiger partial charge is 0.466 e. The van der Waals surface area contributed by atoms with Crippen LogP contribution < -0.4 is 0 Å². The van der Waals surface area contributed by atoms with Gasteiger partial charge in [-0.15, -0.1) is 0 Å². The van der Waals surface area contributed by atoms with Gasteiger partial charge in [0.05, 0.1) is 12.5 Å². The average Bonchev–Trinajstić information content (AvgIpc) is 2.00. The number of esters is 1. The smallest absolute Gasteiger partial charge is 0.309 e. The van der Waals surface area contributed by atoms with E-state index in [4.69, 9.17) is 4.74 Å². The summed E-state index contributed by atoms with van der Waals surface area (Å²) in [6, 6.07) is 0. The molecule has 0 heterocycles. The monoisotopic (exact) mass is 155 g/mol. The molecular formula is C9H15O2. The third-order valence-corrected chi connectivity index (χ3v) is 1.25. The Morgan fingerprint density at radius 3 is 2.73 bits per heavy atom. The summed E-state index contributed by atoms with van der Waals surface area (Å²) < 4.78 is 4.80. The molecular weight excluding hydrogens is 140 g/mol. The maximum atomic E-state index is 11.0. The molecule has 0 aromatic heterocycles. The van der Waals surface area contributed by atoms with Crippen molar-refractivity contribution in [2.75, 3.05) is 6.61 Å². The second kappa shape index (κ2) is 5.96. The molecule has 2 nitrogen and oxygen atoms in total. The first kappa shape index (κ1) is 10.2. The Balaban J connectivity index is 3.63. The second-order valence-corrected chi connectivity index (χ2v) is 2.26. The number of ether oxygens (including phenoxy) is 1. The molecule has 0 rings (SSSR count). The number of hydrogen-bond donors (Lipinski definition) is 0. The Labute approximate surface area is 68.2 Å². The van der Waals surface area contributed by atoms with Crippen LogP contribution in [0, 0.1) is 12.3 Å². The quantitative estimate of drug-likeness (QED) is 0.580. The Bertz CT molecular complexity index is 138. The van der Waals surface area contributed by atoms with Crippen molar-refractivity contribution in [1.29, 1.82) is 0 Å². The zero-order valence-corrected chi connectivity index (χ0v) is 7.33. The second-order valence-electron chi connectivity index (χ2n) is 2.26. The van der Waals surface area contributed by atoms with E-state index in [1.54, 1.807) is 6.92 Å². The highest BCUT2D eigenvalue weighted by Gasteiger charge is 2.11. The molecule has 1 atom stereocenters. The number of hydrogen-bond acceptors (Lipinski definition) is 2. The van der Waals surface area contributed by atoms with Crippen molar-refractivity contribution in [2.24, 2.45) is 5.92 Å². The fourth-order valence-corrected chi connectivity index (χ4v) is 0.630. The molecule has 0 saturated carbocycles. The molecule has 0 N–H and O–H groups in total. The van der Waals surface area contributed by atoms with E-state index in [9.17, 15) is 4.79 Å². The van der Waals surface area contributed by atoms with E-state index in [1.165, 1.54) is 0 Å². The lowest BCUT2D eigenvalue weighted by Gasteiger charge is -2.06. The van der Waals surface area contributed by atoms with Crippen LogP contribution in [-0.2, 0) is 9.53 Å². The Morgan fingerprint density at radius 1 is 1.64 bits per heavy atom. The van der Waals surface area contributed by atoms with Gasteiger partial charge < -0.3 is 4.74 Å². The lowest BCUT2D eigenvalue weighted by atomic mass is 10.1. The topological polar surface area (TPSA) is 26.3 Å². The van der Waals surface area contributed by atoms with Gasteiger partial charge in [-0.05, 0) is 20.3 Å². The summed E-state index contributed by atoms with van der Waals surface area (Å²) in [6.45, 7) is 5.99. The van der Waals surface area contributed by atoms with Gasteiger partial charge in [0.15, 0.2) is 0 Å². The average molecular weight is 155 g/mol. The Morgan fingerprint density at radius 2 is 2.27 bits per heavy atom. The molecule has 0 spiro atoms. The summed E-state index contributed by atoms with van der Waals surface area (Å²) in [6.07, 6.45) is 5.55. The third-order valence-electron chi connectivity index (χ3n) is 1.25. The summed E-state index contributed by atoms with van der Waals surface area (Å²) >= 11 is 0. The zero-order valence-electron chi connectivity index (χ0n) is 7.33. The van der Waals surface area contributed by atoms with Crippen molar-refractivity contribution in [3.63, 3.8) is 0 Å². The highest BCUT2D eigenvalue weighted by atomic mass is 16.5. The van der Waals surface area contributed by atoms with E-state index >= 15 is 0 Å². The molecule has 11 heavy (non-hydrogen) atoms. The van der Waals surface area contributed by atoms with Crippen LogP contribution in [0.3, 0.4) is 0 Å². The predicted molar refractivity (Wildman–Crippen MR) is 44.9 cm³/mol. The van der Waals surface area contributed by atoms with Crippen LogP contribution in [-0.4, -0.2) is 12.6 Å². The molecule has 0 saturated heterocycles. The Hall–Kier alpha value is -0.790. The van der Waals surface area contributed by atoms with Gasteiger partial charge in [-0.2, -0.15) is 0 Å². The minimum Gasteiger partial charge on any atom is -0.466 e. The molecule has 1 radical (unpaired) electrons. The van der Waals surface area contributed by atoms with Crippen LogP contribution in [0.25, 0.3) is 0 Å². The van der Waals surface area contributed by atoms with Crippen molar-refractivity contribution in [1.82, 2.24) is 0 Å². The van der Waals surface area contributed by atoms with Crippen LogP contribution in [0.5, 0.6) is 0 Å². The fourth-order valence-electron chi connectivity index (χ4n) is 0.630. The van der Waals surface area contributed by atoms with Gasteiger partial charge in [0.1, 0.15) is 0 Å². The Kier molecular flexibility index (Phi) is 5.53. The van der Waals surface area contributed by atoms with Gasteiger partial charge in [-0.3, -0.25) is 4.79 Å². The van der Waals surface area contributed by atoms with Gasteiger partial charge in [-0.1, -0.05) is 19.1 Å². The van der Waals surface area contributed by atoms with Gasteiger partial charge in [0.25, 0.3) is 0 Å². The lowest BCUT2D eigenvalue weighted by Crippen LogP contribution is -2.14. The fraction of sp³-hybridized carbons (Fsp3) is 0.556. The highest BCUT2D eigenvalue weighted by Crippen LogP contribution is 2.03. The van der Waals surface area contributed by atoms with Crippen molar-refractivity contribution < 1.29 is 9.53 Å². The summed E-state index contributed by atoms with van der Waals surface area (Å²) in [5.74, 6) is -0.295. The summed E-state index contributed by atoms with van der Waals surface area (Å²) in [4.78, 5) is 11.0. The maximum Gasteiger partial charge on any atom is 0.309 e. The lowest BCUT2D eigenvalue weighted by molar-refractivity contribution is -0.146. The van der Waals surface area contributed by atoms with Gasteiger partial charge in [-0.25, -0.2) is 0 Å².